The lowest BCUT2D eigenvalue weighted by atomic mass is 9.99. The van der Waals surface area contributed by atoms with E-state index >= 15 is 0 Å². The van der Waals surface area contributed by atoms with E-state index in [1.54, 1.807) is 0 Å². The van der Waals surface area contributed by atoms with Crippen LogP contribution < -0.4 is 0 Å². The molecule has 0 amide bonds. The van der Waals surface area contributed by atoms with Gasteiger partial charge in [-0.2, -0.15) is 0 Å². The monoisotopic (exact) mass is 252 g/mol. The van der Waals surface area contributed by atoms with Gasteiger partial charge in [0.2, 0.25) is 0 Å². The lowest BCUT2D eigenvalue weighted by Gasteiger charge is -2.10. The van der Waals surface area contributed by atoms with Crippen LogP contribution in [-0.4, -0.2) is 25.5 Å². The van der Waals surface area contributed by atoms with E-state index in [4.69, 9.17) is 0 Å². The Morgan fingerprint density at radius 1 is 0.611 bits per heavy atom. The van der Waals surface area contributed by atoms with Crippen LogP contribution in [-0.2, 0) is 0 Å². The standard InChI is InChI=1S/C16H32N2/c1-15(2,3)13-17-11-9-7-8-10-12-18-14-16(4,5)6/h13-14H,7-12H2,1-6H3. The molecule has 0 aliphatic rings. The quantitative estimate of drug-likeness (QED) is 0.460. The molecule has 0 aliphatic carbocycles. The van der Waals surface area contributed by atoms with Gasteiger partial charge in [0.25, 0.3) is 0 Å². The van der Waals surface area contributed by atoms with Crippen molar-refractivity contribution < 1.29 is 0 Å². The van der Waals surface area contributed by atoms with Crippen molar-refractivity contribution in [1.29, 1.82) is 0 Å². The van der Waals surface area contributed by atoms with Crippen molar-refractivity contribution >= 4 is 12.4 Å². The number of unbranched alkanes of at least 4 members (excludes halogenated alkanes) is 3. The average molecular weight is 252 g/mol. The first-order chi connectivity index (χ1) is 8.21. The van der Waals surface area contributed by atoms with E-state index in [0.29, 0.717) is 0 Å². The Morgan fingerprint density at radius 3 is 1.22 bits per heavy atom. The molecule has 0 N–H and O–H groups in total. The predicted molar refractivity (Wildman–Crippen MR) is 84.1 cm³/mol. The summed E-state index contributed by atoms with van der Waals surface area (Å²) in [5.41, 5.74) is 0.448. The molecule has 0 saturated heterocycles. The summed E-state index contributed by atoms with van der Waals surface area (Å²) in [6, 6.07) is 0. The van der Waals surface area contributed by atoms with Gasteiger partial charge in [0.15, 0.2) is 0 Å². The highest BCUT2D eigenvalue weighted by atomic mass is 14.7. The Kier molecular flexibility index (Phi) is 8.13. The number of rotatable bonds is 7. The summed E-state index contributed by atoms with van der Waals surface area (Å²) in [7, 11) is 0. The van der Waals surface area contributed by atoms with Gasteiger partial charge in [-0.05, 0) is 23.7 Å². The van der Waals surface area contributed by atoms with E-state index in [0.717, 1.165) is 13.1 Å². The SMILES string of the molecule is CC(C)(C)C=NCCCCCCN=CC(C)(C)C. The maximum Gasteiger partial charge on any atom is 0.0385 e. The minimum Gasteiger partial charge on any atom is -0.297 e. The molecule has 0 atom stereocenters. The summed E-state index contributed by atoms with van der Waals surface area (Å²) < 4.78 is 0. The highest BCUT2D eigenvalue weighted by Gasteiger charge is 2.04. The van der Waals surface area contributed by atoms with E-state index in [-0.39, 0.29) is 10.8 Å². The second-order valence-corrected chi connectivity index (χ2v) is 7.22. The lowest BCUT2D eigenvalue weighted by Crippen LogP contribution is -2.06. The van der Waals surface area contributed by atoms with Crippen molar-refractivity contribution in [2.24, 2.45) is 20.8 Å². The molecule has 0 radical (unpaired) electrons. The first kappa shape index (κ1) is 17.3. The van der Waals surface area contributed by atoms with Gasteiger partial charge >= 0.3 is 0 Å². The van der Waals surface area contributed by atoms with Crippen LogP contribution in [0.25, 0.3) is 0 Å². The van der Waals surface area contributed by atoms with Crippen molar-refractivity contribution in [3.05, 3.63) is 0 Å². The Bertz CT molecular complexity index is 223. The van der Waals surface area contributed by atoms with Crippen LogP contribution in [0.5, 0.6) is 0 Å². The van der Waals surface area contributed by atoms with Crippen molar-refractivity contribution in [3.8, 4) is 0 Å². The molecule has 0 saturated carbocycles. The Hall–Kier alpha value is -0.660. The van der Waals surface area contributed by atoms with E-state index in [2.05, 4.69) is 64.0 Å². The second-order valence-electron chi connectivity index (χ2n) is 7.22. The molecule has 0 heterocycles. The Morgan fingerprint density at radius 2 is 0.944 bits per heavy atom. The van der Waals surface area contributed by atoms with Crippen molar-refractivity contribution in [1.82, 2.24) is 0 Å². The van der Waals surface area contributed by atoms with Crippen LogP contribution >= 0.6 is 0 Å². The van der Waals surface area contributed by atoms with Gasteiger partial charge in [0.1, 0.15) is 0 Å². The van der Waals surface area contributed by atoms with E-state index < -0.39 is 0 Å². The third-order valence-corrected chi connectivity index (χ3v) is 2.28. The molecule has 0 aromatic heterocycles. The molecule has 0 unspecified atom stereocenters. The molecule has 0 aromatic carbocycles. The fourth-order valence-electron chi connectivity index (χ4n) is 1.44. The molecule has 0 aromatic rings. The van der Waals surface area contributed by atoms with Crippen LogP contribution in [0.15, 0.2) is 9.98 Å². The maximum atomic E-state index is 4.45. The average Bonchev–Trinajstić information content (AvgIpc) is 2.17. The second kappa shape index (κ2) is 8.44. The first-order valence-electron chi connectivity index (χ1n) is 7.23. The normalized spacial score (nSPS) is 13.9. The largest absolute Gasteiger partial charge is 0.297 e. The van der Waals surface area contributed by atoms with Gasteiger partial charge in [0.05, 0.1) is 0 Å². The van der Waals surface area contributed by atoms with Crippen LogP contribution in [0.4, 0.5) is 0 Å². The topological polar surface area (TPSA) is 24.7 Å². The third-order valence-electron chi connectivity index (χ3n) is 2.28. The fourth-order valence-corrected chi connectivity index (χ4v) is 1.44. The summed E-state index contributed by atoms with van der Waals surface area (Å²) in [4.78, 5) is 8.91. The minimum absolute atomic E-state index is 0.224. The zero-order valence-corrected chi connectivity index (χ0v) is 13.3. The molecule has 0 bridgehead atoms. The molecule has 0 spiro atoms. The number of hydrogen-bond acceptors (Lipinski definition) is 2. The van der Waals surface area contributed by atoms with Crippen molar-refractivity contribution in [2.75, 3.05) is 13.1 Å². The molecular weight excluding hydrogens is 220 g/mol. The van der Waals surface area contributed by atoms with Crippen LogP contribution in [0.3, 0.4) is 0 Å². The van der Waals surface area contributed by atoms with Gasteiger partial charge in [-0.1, -0.05) is 54.4 Å². The molecule has 2 nitrogen and oxygen atoms in total. The van der Waals surface area contributed by atoms with Crippen molar-refractivity contribution in [2.45, 2.75) is 67.2 Å². The summed E-state index contributed by atoms with van der Waals surface area (Å²) in [6.07, 6.45) is 9.09. The molecule has 106 valence electrons. The summed E-state index contributed by atoms with van der Waals surface area (Å²) in [6.45, 7) is 15.1. The Labute approximate surface area is 114 Å². The van der Waals surface area contributed by atoms with Crippen LogP contribution in [0, 0.1) is 10.8 Å². The predicted octanol–water partition coefficient (Wildman–Crippen LogP) is 4.78. The molecule has 0 fully saturated rings. The van der Waals surface area contributed by atoms with Crippen LogP contribution in [0.2, 0.25) is 0 Å². The molecule has 18 heavy (non-hydrogen) atoms. The van der Waals surface area contributed by atoms with Gasteiger partial charge in [-0.15, -0.1) is 0 Å². The Balaban J connectivity index is 3.37. The number of nitrogens with zero attached hydrogens (tertiary/aromatic N) is 2. The van der Waals surface area contributed by atoms with E-state index in [1.165, 1.54) is 25.7 Å². The zero-order valence-electron chi connectivity index (χ0n) is 13.3. The summed E-state index contributed by atoms with van der Waals surface area (Å²) >= 11 is 0. The van der Waals surface area contributed by atoms with Gasteiger partial charge < -0.3 is 0 Å². The van der Waals surface area contributed by atoms with Gasteiger partial charge in [-0.25, -0.2) is 0 Å². The highest BCUT2D eigenvalue weighted by Crippen LogP contribution is 2.10. The molecule has 0 aliphatic heterocycles. The number of hydrogen-bond donors (Lipinski definition) is 0. The molecular formula is C16H32N2. The van der Waals surface area contributed by atoms with Gasteiger partial charge in [-0.3, -0.25) is 9.98 Å². The lowest BCUT2D eigenvalue weighted by molar-refractivity contribution is 0.595. The molecule has 0 rings (SSSR count). The summed E-state index contributed by atoms with van der Waals surface area (Å²) in [5.74, 6) is 0. The van der Waals surface area contributed by atoms with Crippen LogP contribution in [0.1, 0.15) is 67.2 Å². The van der Waals surface area contributed by atoms with Gasteiger partial charge in [0, 0.05) is 25.5 Å². The maximum absolute atomic E-state index is 4.45. The van der Waals surface area contributed by atoms with E-state index in [9.17, 15) is 0 Å². The first-order valence-corrected chi connectivity index (χ1v) is 7.23. The zero-order chi connectivity index (χ0) is 14.1. The highest BCUT2D eigenvalue weighted by molar-refractivity contribution is 5.64. The van der Waals surface area contributed by atoms with Crippen molar-refractivity contribution in [3.63, 3.8) is 0 Å². The summed E-state index contributed by atoms with van der Waals surface area (Å²) in [5, 5.41) is 0. The number of aliphatic imine (C=N–C) groups is 2. The molecule has 2 heteroatoms. The van der Waals surface area contributed by atoms with E-state index in [1.807, 2.05) is 0 Å². The fraction of sp³-hybridized carbons (Fsp3) is 0.875. The third kappa shape index (κ3) is 15.3. The smallest absolute Gasteiger partial charge is 0.0385 e. The minimum atomic E-state index is 0.224.